The largest absolute Gasteiger partial charge is 0.455 e. The van der Waals surface area contributed by atoms with Crippen molar-refractivity contribution >= 4 is 11.8 Å². The maximum Gasteiger partial charge on any atom is 0.293 e. The van der Waals surface area contributed by atoms with E-state index in [1.165, 1.54) is 4.90 Å². The summed E-state index contributed by atoms with van der Waals surface area (Å²) in [6, 6.07) is 19.5. The molecule has 4 aromatic rings. The maximum absolute atomic E-state index is 5.85. The summed E-state index contributed by atoms with van der Waals surface area (Å²) in [5.74, 6) is 4.34. The van der Waals surface area contributed by atoms with Crippen molar-refractivity contribution in [3.05, 3.63) is 66.4 Å². The zero-order valence-corrected chi connectivity index (χ0v) is 14.9. The molecule has 0 aliphatic carbocycles. The monoisotopic (exact) mass is 378 g/mol. The molecule has 0 N–H and O–H groups in total. The second kappa shape index (κ2) is 6.85. The fraction of sp³-hybridized carbons (Fsp3) is 0.100. The molecule has 2 aromatic heterocycles. The van der Waals surface area contributed by atoms with Crippen LogP contribution in [0.4, 0.5) is 0 Å². The number of thioether (sulfide) groups is 1. The minimum Gasteiger partial charge on any atom is -0.455 e. The molecule has 0 atom stereocenters. The second-order valence-corrected chi connectivity index (χ2v) is 6.91. The summed E-state index contributed by atoms with van der Waals surface area (Å²) >= 11 is 1.71. The number of nitrogens with zero attached hydrogens (tertiary/aromatic N) is 2. The van der Waals surface area contributed by atoms with Crippen LogP contribution in [0.15, 0.2) is 74.5 Å². The molecule has 7 heteroatoms. The van der Waals surface area contributed by atoms with Crippen molar-refractivity contribution in [2.24, 2.45) is 0 Å². The van der Waals surface area contributed by atoms with Crippen molar-refractivity contribution in [3.63, 3.8) is 0 Å². The van der Waals surface area contributed by atoms with E-state index in [0.717, 1.165) is 17.1 Å². The summed E-state index contributed by atoms with van der Waals surface area (Å²) in [5.41, 5.74) is 0.792. The first kappa shape index (κ1) is 16.0. The summed E-state index contributed by atoms with van der Waals surface area (Å²) < 4.78 is 21.9. The van der Waals surface area contributed by atoms with Gasteiger partial charge < -0.3 is 18.4 Å². The van der Waals surface area contributed by atoms with E-state index in [0.29, 0.717) is 29.0 Å². The van der Waals surface area contributed by atoms with Gasteiger partial charge >= 0.3 is 0 Å². The Morgan fingerprint density at radius 2 is 1.81 bits per heavy atom. The third-order valence-corrected chi connectivity index (χ3v) is 5.09. The van der Waals surface area contributed by atoms with Crippen molar-refractivity contribution in [2.75, 3.05) is 6.79 Å². The van der Waals surface area contributed by atoms with Crippen LogP contribution in [0.25, 0.3) is 23.0 Å². The van der Waals surface area contributed by atoms with Crippen molar-refractivity contribution < 1.29 is 18.4 Å². The van der Waals surface area contributed by atoms with Gasteiger partial charge in [-0.2, -0.15) is 4.98 Å². The summed E-state index contributed by atoms with van der Waals surface area (Å²) in [6.07, 6.45) is 0. The van der Waals surface area contributed by atoms with Crippen LogP contribution in [0.1, 0.15) is 5.76 Å². The SMILES string of the molecule is c1ccc(SCc2ccc(-c3nc(-c4ccc5c(c4)OCO5)no3)o2)cc1. The van der Waals surface area contributed by atoms with Gasteiger partial charge in [0.15, 0.2) is 17.3 Å². The molecule has 5 rings (SSSR count). The van der Waals surface area contributed by atoms with Crippen LogP contribution in [0.3, 0.4) is 0 Å². The maximum atomic E-state index is 5.85. The lowest BCUT2D eigenvalue weighted by molar-refractivity contribution is 0.174. The number of furan rings is 1. The molecule has 134 valence electrons. The van der Waals surface area contributed by atoms with Crippen LogP contribution in [-0.2, 0) is 5.75 Å². The Morgan fingerprint density at radius 3 is 2.74 bits per heavy atom. The third-order valence-electron chi connectivity index (χ3n) is 4.05. The molecule has 0 fully saturated rings. The standard InChI is InChI=1S/C20H14N2O4S/c1-2-4-15(5-3-1)27-11-14-7-9-17(25-14)20-21-19(22-26-20)13-6-8-16-18(10-13)24-12-23-16/h1-10H,11-12H2. The molecule has 2 aromatic carbocycles. The Balaban J connectivity index is 1.32. The van der Waals surface area contributed by atoms with E-state index >= 15 is 0 Å². The van der Waals surface area contributed by atoms with E-state index in [9.17, 15) is 0 Å². The fourth-order valence-electron chi connectivity index (χ4n) is 2.72. The number of fused-ring (bicyclic) bond motifs is 1. The Morgan fingerprint density at radius 1 is 0.926 bits per heavy atom. The first-order chi connectivity index (χ1) is 13.3. The van der Waals surface area contributed by atoms with E-state index in [1.807, 2.05) is 48.5 Å². The molecule has 0 saturated heterocycles. The predicted octanol–water partition coefficient (Wildman–Crippen LogP) is 5.02. The predicted molar refractivity (Wildman–Crippen MR) is 99.6 cm³/mol. The smallest absolute Gasteiger partial charge is 0.293 e. The molecule has 3 heterocycles. The lowest BCUT2D eigenvalue weighted by Gasteiger charge is -1.98. The van der Waals surface area contributed by atoms with Gasteiger partial charge in [0, 0.05) is 10.5 Å². The van der Waals surface area contributed by atoms with Gasteiger partial charge in [-0.05, 0) is 42.5 Å². The molecular formula is C20H14N2O4S. The summed E-state index contributed by atoms with van der Waals surface area (Å²) in [6.45, 7) is 0.229. The van der Waals surface area contributed by atoms with Gasteiger partial charge in [0.1, 0.15) is 5.76 Å². The quantitative estimate of drug-likeness (QED) is 0.452. The molecule has 6 nitrogen and oxygen atoms in total. The highest BCUT2D eigenvalue weighted by molar-refractivity contribution is 7.98. The molecule has 1 aliphatic heterocycles. The highest BCUT2D eigenvalue weighted by Crippen LogP contribution is 2.35. The number of hydrogen-bond donors (Lipinski definition) is 0. The van der Waals surface area contributed by atoms with Gasteiger partial charge in [-0.15, -0.1) is 11.8 Å². The van der Waals surface area contributed by atoms with Gasteiger partial charge in [-0.3, -0.25) is 0 Å². The molecular weight excluding hydrogens is 364 g/mol. The van der Waals surface area contributed by atoms with Crippen molar-refractivity contribution in [2.45, 2.75) is 10.6 Å². The minimum atomic E-state index is 0.229. The Hall–Kier alpha value is -3.19. The summed E-state index contributed by atoms with van der Waals surface area (Å²) in [7, 11) is 0. The first-order valence-electron chi connectivity index (χ1n) is 8.36. The molecule has 27 heavy (non-hydrogen) atoms. The van der Waals surface area contributed by atoms with Crippen LogP contribution in [-0.4, -0.2) is 16.9 Å². The fourth-order valence-corrected chi connectivity index (χ4v) is 3.53. The topological polar surface area (TPSA) is 70.5 Å². The third kappa shape index (κ3) is 3.29. The number of aromatic nitrogens is 2. The molecule has 0 radical (unpaired) electrons. The van der Waals surface area contributed by atoms with Gasteiger partial charge in [-0.25, -0.2) is 0 Å². The Labute approximate surface area is 159 Å². The van der Waals surface area contributed by atoms with Crippen LogP contribution in [0, 0.1) is 0 Å². The van der Waals surface area contributed by atoms with E-state index < -0.39 is 0 Å². The minimum absolute atomic E-state index is 0.229. The normalized spacial score (nSPS) is 12.4. The van der Waals surface area contributed by atoms with Crippen LogP contribution in [0.5, 0.6) is 11.5 Å². The zero-order chi connectivity index (χ0) is 18.1. The van der Waals surface area contributed by atoms with Crippen LogP contribution < -0.4 is 9.47 Å². The number of ether oxygens (including phenoxy) is 2. The van der Waals surface area contributed by atoms with Crippen LogP contribution >= 0.6 is 11.8 Å². The van der Waals surface area contributed by atoms with Gasteiger partial charge in [0.2, 0.25) is 12.6 Å². The highest BCUT2D eigenvalue weighted by Gasteiger charge is 2.18. The zero-order valence-electron chi connectivity index (χ0n) is 14.1. The molecule has 0 bridgehead atoms. The second-order valence-electron chi connectivity index (χ2n) is 5.86. The van der Waals surface area contributed by atoms with E-state index in [1.54, 1.807) is 11.8 Å². The van der Waals surface area contributed by atoms with Gasteiger partial charge in [0.05, 0.1) is 5.75 Å². The molecule has 1 aliphatic rings. The first-order valence-corrected chi connectivity index (χ1v) is 9.34. The molecule has 0 amide bonds. The van der Waals surface area contributed by atoms with Crippen molar-refractivity contribution in [3.8, 4) is 34.5 Å². The number of rotatable bonds is 5. The Kier molecular flexibility index (Phi) is 4.06. The van der Waals surface area contributed by atoms with Gasteiger partial charge in [-0.1, -0.05) is 23.4 Å². The van der Waals surface area contributed by atoms with Crippen LogP contribution in [0.2, 0.25) is 0 Å². The van der Waals surface area contributed by atoms with Gasteiger partial charge in [0.25, 0.3) is 5.89 Å². The van der Waals surface area contributed by atoms with Crippen molar-refractivity contribution in [1.29, 1.82) is 0 Å². The lowest BCUT2D eigenvalue weighted by Crippen LogP contribution is -1.92. The summed E-state index contributed by atoms with van der Waals surface area (Å²) in [5, 5.41) is 4.04. The van der Waals surface area contributed by atoms with Crippen molar-refractivity contribution in [1.82, 2.24) is 10.1 Å². The van der Waals surface area contributed by atoms with E-state index in [-0.39, 0.29) is 6.79 Å². The lowest BCUT2D eigenvalue weighted by atomic mass is 10.2. The molecule has 0 unspecified atom stereocenters. The summed E-state index contributed by atoms with van der Waals surface area (Å²) in [4.78, 5) is 5.63. The molecule has 0 spiro atoms. The molecule has 0 saturated carbocycles. The number of hydrogen-bond acceptors (Lipinski definition) is 7. The highest BCUT2D eigenvalue weighted by atomic mass is 32.2. The number of benzene rings is 2. The average molecular weight is 378 g/mol. The Bertz CT molecular complexity index is 1070. The average Bonchev–Trinajstić information content (AvgIpc) is 3.46. The van der Waals surface area contributed by atoms with E-state index in [4.69, 9.17) is 18.4 Å². The van der Waals surface area contributed by atoms with E-state index in [2.05, 4.69) is 22.3 Å².